The van der Waals surface area contributed by atoms with E-state index in [-0.39, 0.29) is 24.9 Å². The Morgan fingerprint density at radius 1 is 1.14 bits per heavy atom. The van der Waals surface area contributed by atoms with Gasteiger partial charge in [0, 0.05) is 23.5 Å². The van der Waals surface area contributed by atoms with E-state index in [2.05, 4.69) is 11.4 Å². The standard InChI is InChI=1S/C21H23N3O2S2/c25-17-12-22-20(16-8-5-11-27-16)19-14-6-1-2-7-15(14)28-21(19)24(17)13-18(26)23-9-3-4-10-23/h5,8,11H,1-4,6-7,9-10,12-13H2. The minimum absolute atomic E-state index is 0.0581. The van der Waals surface area contributed by atoms with Gasteiger partial charge in [-0.05, 0) is 55.5 Å². The van der Waals surface area contributed by atoms with Gasteiger partial charge in [0.05, 0.1) is 10.6 Å². The lowest BCUT2D eigenvalue weighted by molar-refractivity contribution is -0.130. The first kappa shape index (κ1) is 18.1. The number of aryl methyl sites for hydroxylation is 1. The maximum Gasteiger partial charge on any atom is 0.249 e. The topological polar surface area (TPSA) is 53.0 Å². The second-order valence-electron chi connectivity index (χ2n) is 7.60. The number of amides is 2. The van der Waals surface area contributed by atoms with Crippen LogP contribution in [0.4, 0.5) is 5.00 Å². The molecule has 146 valence electrons. The Hall–Kier alpha value is -1.99. The molecule has 1 aliphatic carbocycles. The number of carbonyl (C=O) groups is 2. The molecule has 0 unspecified atom stereocenters. The van der Waals surface area contributed by atoms with Gasteiger partial charge in [0.25, 0.3) is 0 Å². The fourth-order valence-corrected chi connectivity index (χ4v) is 6.53. The lowest BCUT2D eigenvalue weighted by Gasteiger charge is -2.23. The molecule has 7 heteroatoms. The second-order valence-corrected chi connectivity index (χ2v) is 9.63. The van der Waals surface area contributed by atoms with Crippen molar-refractivity contribution < 1.29 is 9.59 Å². The number of hydrogen-bond acceptors (Lipinski definition) is 5. The zero-order chi connectivity index (χ0) is 19.1. The van der Waals surface area contributed by atoms with E-state index in [1.54, 1.807) is 27.6 Å². The van der Waals surface area contributed by atoms with Crippen LogP contribution < -0.4 is 4.90 Å². The highest BCUT2D eigenvalue weighted by Gasteiger charge is 2.34. The van der Waals surface area contributed by atoms with Crippen LogP contribution in [0.3, 0.4) is 0 Å². The summed E-state index contributed by atoms with van der Waals surface area (Å²) in [6, 6.07) is 4.11. The van der Waals surface area contributed by atoms with Gasteiger partial charge in [0.1, 0.15) is 18.1 Å². The number of nitrogens with zero attached hydrogens (tertiary/aromatic N) is 3. The molecule has 2 aromatic rings. The second kappa shape index (κ2) is 7.44. The number of fused-ring (bicyclic) bond motifs is 3. The summed E-state index contributed by atoms with van der Waals surface area (Å²) in [7, 11) is 0. The zero-order valence-electron chi connectivity index (χ0n) is 15.8. The fraction of sp³-hybridized carbons (Fsp3) is 0.476. The molecular weight excluding hydrogens is 390 g/mol. The quantitative estimate of drug-likeness (QED) is 0.773. The molecule has 0 saturated carbocycles. The third kappa shape index (κ3) is 3.10. The van der Waals surface area contributed by atoms with E-state index in [9.17, 15) is 9.59 Å². The van der Waals surface area contributed by atoms with Crippen LogP contribution in [0.5, 0.6) is 0 Å². The molecule has 1 saturated heterocycles. The molecule has 5 nitrogen and oxygen atoms in total. The maximum atomic E-state index is 13.0. The van der Waals surface area contributed by atoms with Gasteiger partial charge in [-0.25, -0.2) is 0 Å². The fourth-order valence-electron chi connectivity index (χ4n) is 4.39. The Morgan fingerprint density at radius 2 is 1.96 bits per heavy atom. The van der Waals surface area contributed by atoms with Gasteiger partial charge in [-0.1, -0.05) is 6.07 Å². The van der Waals surface area contributed by atoms with Crippen molar-refractivity contribution in [2.24, 2.45) is 4.99 Å². The Morgan fingerprint density at radius 3 is 2.75 bits per heavy atom. The smallest absolute Gasteiger partial charge is 0.249 e. The summed E-state index contributed by atoms with van der Waals surface area (Å²) in [6.45, 7) is 1.87. The Balaban J connectivity index is 1.58. The molecule has 4 heterocycles. The number of thiophene rings is 2. The highest BCUT2D eigenvalue weighted by Crippen LogP contribution is 2.43. The molecule has 2 aliphatic heterocycles. The van der Waals surface area contributed by atoms with E-state index < -0.39 is 0 Å². The van der Waals surface area contributed by atoms with Gasteiger partial charge >= 0.3 is 0 Å². The predicted octanol–water partition coefficient (Wildman–Crippen LogP) is 3.49. The van der Waals surface area contributed by atoms with Gasteiger partial charge in [0.2, 0.25) is 11.8 Å². The number of rotatable bonds is 3. The van der Waals surface area contributed by atoms with Crippen LogP contribution >= 0.6 is 22.7 Å². The molecule has 0 aromatic carbocycles. The third-order valence-corrected chi connectivity index (χ3v) is 8.01. The maximum absolute atomic E-state index is 13.0. The van der Waals surface area contributed by atoms with Crippen LogP contribution in [0.25, 0.3) is 0 Å². The molecule has 0 spiro atoms. The monoisotopic (exact) mass is 413 g/mol. The average Bonchev–Trinajstić information content (AvgIpc) is 3.45. The van der Waals surface area contributed by atoms with Gasteiger partial charge in [-0.15, -0.1) is 22.7 Å². The molecular formula is C21H23N3O2S2. The Bertz CT molecular complexity index is 939. The highest BCUT2D eigenvalue weighted by molar-refractivity contribution is 7.17. The van der Waals surface area contributed by atoms with Crippen LogP contribution in [0, 0.1) is 0 Å². The molecule has 28 heavy (non-hydrogen) atoms. The average molecular weight is 414 g/mol. The van der Waals surface area contributed by atoms with Crippen molar-refractivity contribution in [3.05, 3.63) is 38.4 Å². The normalized spacial score (nSPS) is 19.3. The number of likely N-dealkylation sites (tertiary alicyclic amines) is 1. The van der Waals surface area contributed by atoms with Gasteiger partial charge in [-0.3, -0.25) is 19.5 Å². The predicted molar refractivity (Wildman–Crippen MR) is 114 cm³/mol. The van der Waals surface area contributed by atoms with Crippen LogP contribution in [-0.4, -0.2) is 48.6 Å². The lowest BCUT2D eigenvalue weighted by atomic mass is 9.93. The van der Waals surface area contributed by atoms with Crippen molar-refractivity contribution in [1.29, 1.82) is 0 Å². The van der Waals surface area contributed by atoms with Crippen molar-refractivity contribution in [1.82, 2.24) is 4.90 Å². The summed E-state index contributed by atoms with van der Waals surface area (Å²) in [5.74, 6) is -0.0123. The minimum atomic E-state index is -0.0704. The first-order valence-corrected chi connectivity index (χ1v) is 11.7. The van der Waals surface area contributed by atoms with Crippen molar-refractivity contribution in [2.75, 3.05) is 31.1 Å². The van der Waals surface area contributed by atoms with E-state index in [1.807, 2.05) is 11.0 Å². The first-order valence-electron chi connectivity index (χ1n) is 10.0. The molecule has 2 aromatic heterocycles. The van der Waals surface area contributed by atoms with Crippen molar-refractivity contribution >= 4 is 45.2 Å². The van der Waals surface area contributed by atoms with Crippen LogP contribution in [0.1, 0.15) is 46.6 Å². The summed E-state index contributed by atoms with van der Waals surface area (Å²) in [5.41, 5.74) is 3.41. The van der Waals surface area contributed by atoms with Gasteiger partial charge < -0.3 is 4.90 Å². The van der Waals surface area contributed by atoms with Crippen molar-refractivity contribution in [3.8, 4) is 0 Å². The van der Waals surface area contributed by atoms with Gasteiger partial charge in [0.15, 0.2) is 0 Å². The minimum Gasteiger partial charge on any atom is -0.341 e. The third-order valence-electron chi connectivity index (χ3n) is 5.81. The number of carbonyl (C=O) groups excluding carboxylic acids is 2. The largest absolute Gasteiger partial charge is 0.341 e. The SMILES string of the molecule is O=C(CN1C(=O)CN=C(c2cccs2)c2c1sc1c2CCCC1)N1CCCC1. The molecule has 0 N–H and O–H groups in total. The number of aliphatic imine (C=N–C) groups is 1. The summed E-state index contributed by atoms with van der Waals surface area (Å²) in [5, 5.41) is 2.99. The first-order chi connectivity index (χ1) is 13.7. The summed E-state index contributed by atoms with van der Waals surface area (Å²) >= 11 is 3.37. The molecule has 0 atom stereocenters. The van der Waals surface area contributed by atoms with E-state index in [1.165, 1.54) is 23.3 Å². The zero-order valence-corrected chi connectivity index (χ0v) is 17.4. The number of anilines is 1. The van der Waals surface area contributed by atoms with Crippen molar-refractivity contribution in [3.63, 3.8) is 0 Å². The van der Waals surface area contributed by atoms with E-state index >= 15 is 0 Å². The molecule has 3 aliphatic rings. The molecule has 5 rings (SSSR count). The summed E-state index contributed by atoms with van der Waals surface area (Å²) < 4.78 is 0. The molecule has 0 radical (unpaired) electrons. The van der Waals surface area contributed by atoms with E-state index in [0.717, 1.165) is 59.9 Å². The van der Waals surface area contributed by atoms with Crippen LogP contribution in [0.2, 0.25) is 0 Å². The molecule has 0 bridgehead atoms. The summed E-state index contributed by atoms with van der Waals surface area (Å²) in [6.07, 6.45) is 6.58. The van der Waals surface area contributed by atoms with Crippen LogP contribution in [0.15, 0.2) is 22.5 Å². The van der Waals surface area contributed by atoms with Crippen molar-refractivity contribution in [2.45, 2.75) is 38.5 Å². The van der Waals surface area contributed by atoms with Crippen LogP contribution in [-0.2, 0) is 22.4 Å². The Kier molecular flexibility index (Phi) is 4.80. The molecule has 2 amide bonds. The number of hydrogen-bond donors (Lipinski definition) is 0. The molecule has 1 fully saturated rings. The Labute approximate surface area is 172 Å². The van der Waals surface area contributed by atoms with E-state index in [4.69, 9.17) is 4.99 Å². The lowest BCUT2D eigenvalue weighted by Crippen LogP contribution is -2.42. The summed E-state index contributed by atoms with van der Waals surface area (Å²) in [4.78, 5) is 36.7. The highest BCUT2D eigenvalue weighted by atomic mass is 32.1. The van der Waals surface area contributed by atoms with Gasteiger partial charge in [-0.2, -0.15) is 0 Å². The van der Waals surface area contributed by atoms with E-state index in [0.29, 0.717) is 0 Å².